The Hall–Kier alpha value is -0.990. The first-order chi connectivity index (χ1) is 3.72. The van der Waals surface area contributed by atoms with Crippen LogP contribution in [0.15, 0.2) is 6.20 Å². The summed E-state index contributed by atoms with van der Waals surface area (Å²) >= 11 is 0. The lowest BCUT2D eigenvalue weighted by Crippen LogP contribution is -1.93. The third kappa shape index (κ3) is 0.559. The van der Waals surface area contributed by atoms with Crippen LogP contribution in [0.1, 0.15) is 11.3 Å². The van der Waals surface area contributed by atoms with Gasteiger partial charge in [0.15, 0.2) is 0 Å². The van der Waals surface area contributed by atoms with E-state index in [2.05, 4.69) is 5.10 Å². The molecular weight excluding hydrogens is 104 g/mol. The molecule has 0 saturated carbocycles. The Balaban J connectivity index is 3.19. The second-order valence-electron chi connectivity index (χ2n) is 1.80. The van der Waals surface area contributed by atoms with Gasteiger partial charge in [0.2, 0.25) is 0 Å². The number of rotatable bonds is 0. The number of aromatic nitrogens is 2. The Morgan fingerprint density at radius 1 is 1.62 bits per heavy atom. The van der Waals surface area contributed by atoms with Crippen LogP contribution in [0.5, 0.6) is 0 Å². The summed E-state index contributed by atoms with van der Waals surface area (Å²) in [6.45, 7) is 3.71. The molecular formula is C5H8N2O. The van der Waals surface area contributed by atoms with Crippen molar-refractivity contribution in [1.29, 1.82) is 0 Å². The van der Waals surface area contributed by atoms with Gasteiger partial charge in [0.25, 0.3) is 0 Å². The zero-order valence-corrected chi connectivity index (χ0v) is 4.92. The van der Waals surface area contributed by atoms with E-state index < -0.39 is 0 Å². The molecule has 0 aliphatic carbocycles. The van der Waals surface area contributed by atoms with Crippen LogP contribution in [0.4, 0.5) is 0 Å². The highest BCUT2D eigenvalue weighted by Crippen LogP contribution is 2.00. The van der Waals surface area contributed by atoms with E-state index >= 15 is 0 Å². The molecule has 1 aromatic heterocycles. The van der Waals surface area contributed by atoms with Gasteiger partial charge in [0.1, 0.15) is 0 Å². The summed E-state index contributed by atoms with van der Waals surface area (Å²) in [6.07, 6.45) is 1.62. The van der Waals surface area contributed by atoms with Crippen LogP contribution in [0.25, 0.3) is 0 Å². The summed E-state index contributed by atoms with van der Waals surface area (Å²) in [5.74, 6) is 0. The lowest BCUT2D eigenvalue weighted by molar-refractivity contribution is 0.142. The average molecular weight is 112 g/mol. The van der Waals surface area contributed by atoms with Crippen LogP contribution < -0.4 is 0 Å². The van der Waals surface area contributed by atoms with Gasteiger partial charge in [-0.05, 0) is 19.4 Å². The maximum atomic E-state index is 8.75. The van der Waals surface area contributed by atoms with Crippen molar-refractivity contribution < 1.29 is 5.21 Å². The summed E-state index contributed by atoms with van der Waals surface area (Å²) in [4.78, 5) is 0.870. The Morgan fingerprint density at radius 2 is 2.25 bits per heavy atom. The first kappa shape index (κ1) is 5.15. The monoisotopic (exact) mass is 112 g/mol. The van der Waals surface area contributed by atoms with Crippen molar-refractivity contribution in [3.05, 3.63) is 17.5 Å². The number of hydrogen-bond acceptors (Lipinski definition) is 2. The van der Waals surface area contributed by atoms with E-state index in [4.69, 9.17) is 5.21 Å². The molecule has 0 aliphatic rings. The van der Waals surface area contributed by atoms with E-state index in [1.165, 1.54) is 0 Å². The van der Waals surface area contributed by atoms with Gasteiger partial charge in [0.05, 0.1) is 11.9 Å². The van der Waals surface area contributed by atoms with E-state index in [9.17, 15) is 0 Å². The molecule has 0 amide bonds. The normalized spacial score (nSPS) is 9.75. The Morgan fingerprint density at radius 3 is 2.38 bits per heavy atom. The van der Waals surface area contributed by atoms with Crippen molar-refractivity contribution in [2.24, 2.45) is 0 Å². The van der Waals surface area contributed by atoms with E-state index in [-0.39, 0.29) is 0 Å². The van der Waals surface area contributed by atoms with Gasteiger partial charge in [-0.2, -0.15) is 0 Å². The molecule has 0 unspecified atom stereocenters. The highest BCUT2D eigenvalue weighted by atomic mass is 16.5. The number of aryl methyl sites for hydroxylation is 1. The van der Waals surface area contributed by atoms with Gasteiger partial charge < -0.3 is 5.21 Å². The van der Waals surface area contributed by atoms with Gasteiger partial charge in [-0.25, -0.2) is 0 Å². The fourth-order valence-corrected chi connectivity index (χ4v) is 0.479. The molecule has 44 valence electrons. The molecule has 0 atom stereocenters. The molecule has 1 rings (SSSR count). The first-order valence-corrected chi connectivity index (χ1v) is 2.42. The van der Waals surface area contributed by atoms with Crippen LogP contribution in [0.3, 0.4) is 0 Å². The third-order valence-corrected chi connectivity index (χ3v) is 1.23. The van der Waals surface area contributed by atoms with Crippen LogP contribution >= 0.6 is 0 Å². The molecule has 0 bridgehead atoms. The fraction of sp³-hybridized carbons (Fsp3) is 0.400. The van der Waals surface area contributed by atoms with Crippen LogP contribution in [-0.2, 0) is 0 Å². The summed E-state index contributed by atoms with van der Waals surface area (Å²) in [5.41, 5.74) is 1.80. The van der Waals surface area contributed by atoms with Gasteiger partial charge in [-0.3, -0.25) is 0 Å². The molecule has 8 heavy (non-hydrogen) atoms. The third-order valence-electron chi connectivity index (χ3n) is 1.23. The summed E-state index contributed by atoms with van der Waals surface area (Å²) in [5, 5.41) is 12.3. The Bertz CT molecular complexity index is 173. The molecule has 1 aromatic rings. The fourth-order valence-electron chi connectivity index (χ4n) is 0.479. The Labute approximate surface area is 47.5 Å². The predicted octanol–water partition coefficient (Wildman–Crippen LogP) is 0.737. The maximum Gasteiger partial charge on any atom is 0.0796 e. The number of hydrogen-bond donors (Lipinski definition) is 1. The van der Waals surface area contributed by atoms with Crippen LogP contribution in [0, 0.1) is 13.8 Å². The first-order valence-electron chi connectivity index (χ1n) is 2.42. The largest absolute Gasteiger partial charge is 0.411 e. The van der Waals surface area contributed by atoms with E-state index in [1.807, 2.05) is 13.8 Å². The molecule has 3 nitrogen and oxygen atoms in total. The predicted molar refractivity (Wildman–Crippen MR) is 28.9 cm³/mol. The quantitative estimate of drug-likeness (QED) is 0.502. The number of nitrogens with zero attached hydrogens (tertiary/aromatic N) is 2. The zero-order chi connectivity index (χ0) is 6.15. The topological polar surface area (TPSA) is 38.0 Å². The highest BCUT2D eigenvalue weighted by Gasteiger charge is 1.96. The molecule has 1 N–H and O–H groups in total. The lowest BCUT2D eigenvalue weighted by Gasteiger charge is -1.89. The molecule has 0 saturated heterocycles. The molecule has 3 heteroatoms. The minimum atomic E-state index is 0.796. The molecule has 0 fully saturated rings. The van der Waals surface area contributed by atoms with Crippen molar-refractivity contribution in [2.45, 2.75) is 13.8 Å². The van der Waals surface area contributed by atoms with Crippen molar-refractivity contribution >= 4 is 0 Å². The molecule has 0 aliphatic heterocycles. The van der Waals surface area contributed by atoms with Gasteiger partial charge in [-0.15, -0.1) is 9.94 Å². The van der Waals surface area contributed by atoms with E-state index in [0.717, 1.165) is 16.1 Å². The maximum absolute atomic E-state index is 8.75. The zero-order valence-electron chi connectivity index (χ0n) is 4.92. The second-order valence-corrected chi connectivity index (χ2v) is 1.80. The van der Waals surface area contributed by atoms with Gasteiger partial charge >= 0.3 is 0 Å². The highest BCUT2D eigenvalue weighted by molar-refractivity contribution is 5.11. The van der Waals surface area contributed by atoms with E-state index in [0.29, 0.717) is 0 Å². The smallest absolute Gasteiger partial charge is 0.0796 e. The lowest BCUT2D eigenvalue weighted by atomic mass is 10.3. The Kier molecular flexibility index (Phi) is 0.970. The molecule has 0 radical (unpaired) electrons. The van der Waals surface area contributed by atoms with E-state index in [1.54, 1.807) is 6.20 Å². The molecule has 1 heterocycles. The summed E-state index contributed by atoms with van der Waals surface area (Å²) < 4.78 is 0. The minimum Gasteiger partial charge on any atom is -0.411 e. The SMILES string of the molecule is Cc1cnn(O)c1C. The average Bonchev–Trinajstić information content (AvgIpc) is 1.98. The van der Waals surface area contributed by atoms with Crippen molar-refractivity contribution in [1.82, 2.24) is 9.94 Å². The van der Waals surface area contributed by atoms with Crippen molar-refractivity contribution in [3.8, 4) is 0 Å². The van der Waals surface area contributed by atoms with Crippen LogP contribution in [-0.4, -0.2) is 15.2 Å². The summed E-state index contributed by atoms with van der Waals surface area (Å²) in [7, 11) is 0. The molecule has 0 spiro atoms. The second kappa shape index (κ2) is 1.51. The van der Waals surface area contributed by atoms with Crippen molar-refractivity contribution in [2.75, 3.05) is 0 Å². The van der Waals surface area contributed by atoms with Gasteiger partial charge in [-0.1, -0.05) is 0 Å². The standard InChI is InChI=1S/C5H8N2O/c1-4-3-6-7(8)5(4)2/h3,8H,1-2H3. The van der Waals surface area contributed by atoms with Crippen molar-refractivity contribution in [3.63, 3.8) is 0 Å². The molecule has 0 aromatic carbocycles. The van der Waals surface area contributed by atoms with Crippen LogP contribution in [0.2, 0.25) is 0 Å². The minimum absolute atomic E-state index is 0.796. The summed E-state index contributed by atoms with van der Waals surface area (Å²) in [6, 6.07) is 0. The van der Waals surface area contributed by atoms with Gasteiger partial charge in [0, 0.05) is 0 Å².